The van der Waals surface area contributed by atoms with Crippen LogP contribution in [0.2, 0.25) is 0 Å². The van der Waals surface area contributed by atoms with Crippen LogP contribution in [0.3, 0.4) is 0 Å². The van der Waals surface area contributed by atoms with Gasteiger partial charge in [0.05, 0.1) is 20.2 Å². The normalized spacial score (nSPS) is 22.3. The summed E-state index contributed by atoms with van der Waals surface area (Å²) in [6, 6.07) is 5.35. The monoisotopic (exact) mass is 618 g/mol. The smallest absolute Gasteiger partial charge is 0.316 e. The average Bonchev–Trinajstić information content (AvgIpc) is 3.33. The van der Waals surface area contributed by atoms with Crippen LogP contribution in [0.15, 0.2) is 41.4 Å². The number of fused-ring (bicyclic) bond motifs is 1. The van der Waals surface area contributed by atoms with Crippen molar-refractivity contribution in [1.82, 2.24) is 25.3 Å². The summed E-state index contributed by atoms with van der Waals surface area (Å²) in [7, 11) is -2.34. The summed E-state index contributed by atoms with van der Waals surface area (Å²) in [5.74, 6) is 1.13. The van der Waals surface area contributed by atoms with Crippen molar-refractivity contribution in [3.05, 3.63) is 41.4 Å². The molecule has 0 radical (unpaired) electrons. The number of nitrogens with one attached hydrogen (secondary N) is 2. The van der Waals surface area contributed by atoms with Crippen LogP contribution in [-0.4, -0.2) is 66.1 Å². The molecule has 0 atom stereocenters. The molecule has 204 valence electrons. The SMILES string of the molecule is CNC(=O)C12CC(S(=O)(=O)Nc3ncnc(OCCOc4ncc(Br)cn4)c3-c3ccc4c(c3)OCO4)(C1)C2. The van der Waals surface area contributed by atoms with Gasteiger partial charge in [0.2, 0.25) is 28.6 Å². The van der Waals surface area contributed by atoms with E-state index in [1.54, 1.807) is 37.6 Å². The highest BCUT2D eigenvalue weighted by Gasteiger charge is 2.77. The van der Waals surface area contributed by atoms with E-state index in [-0.39, 0.29) is 62.9 Å². The molecule has 13 nitrogen and oxygen atoms in total. The Labute approximate surface area is 231 Å². The molecule has 39 heavy (non-hydrogen) atoms. The second-order valence-corrected chi connectivity index (χ2v) is 12.5. The van der Waals surface area contributed by atoms with Gasteiger partial charge in [0, 0.05) is 19.4 Å². The largest absolute Gasteiger partial charge is 0.473 e. The van der Waals surface area contributed by atoms with Crippen molar-refractivity contribution >= 4 is 37.7 Å². The number of halogens is 1. The molecule has 1 amide bonds. The molecule has 0 saturated heterocycles. The van der Waals surface area contributed by atoms with Crippen molar-refractivity contribution in [3.8, 4) is 34.5 Å². The Morgan fingerprint density at radius 1 is 1.05 bits per heavy atom. The van der Waals surface area contributed by atoms with Crippen molar-refractivity contribution in [1.29, 1.82) is 0 Å². The van der Waals surface area contributed by atoms with E-state index in [2.05, 4.69) is 45.9 Å². The number of benzene rings is 1. The number of hydrogen-bond acceptors (Lipinski definition) is 11. The predicted octanol–water partition coefficient (Wildman–Crippen LogP) is 2.29. The summed E-state index contributed by atoms with van der Waals surface area (Å²) in [6.45, 7) is 0.259. The Hall–Kier alpha value is -3.72. The zero-order valence-electron chi connectivity index (χ0n) is 20.6. The Balaban J connectivity index is 1.25. The number of ether oxygens (including phenoxy) is 4. The quantitative estimate of drug-likeness (QED) is 0.320. The van der Waals surface area contributed by atoms with Crippen LogP contribution in [0.5, 0.6) is 23.4 Å². The fraction of sp³-hybridized carbons (Fsp3) is 0.375. The van der Waals surface area contributed by atoms with Crippen molar-refractivity contribution in [2.45, 2.75) is 24.0 Å². The molecule has 0 spiro atoms. The zero-order valence-corrected chi connectivity index (χ0v) is 23.0. The molecule has 2 bridgehead atoms. The van der Waals surface area contributed by atoms with Gasteiger partial charge in [-0.1, -0.05) is 6.07 Å². The summed E-state index contributed by atoms with van der Waals surface area (Å²) in [5, 5.41) is 2.63. The molecule has 3 aliphatic carbocycles. The molecule has 3 fully saturated rings. The topological polar surface area (TPSA) is 164 Å². The van der Waals surface area contributed by atoms with Gasteiger partial charge >= 0.3 is 6.01 Å². The highest BCUT2D eigenvalue weighted by molar-refractivity contribution is 9.10. The second kappa shape index (κ2) is 9.48. The molecule has 2 N–H and O–H groups in total. The molecule has 15 heteroatoms. The number of nitrogens with zero attached hydrogens (tertiary/aromatic N) is 4. The Kier molecular flexibility index (Phi) is 6.21. The summed E-state index contributed by atoms with van der Waals surface area (Å²) in [6.07, 6.45) is 5.13. The van der Waals surface area contributed by atoms with Crippen molar-refractivity contribution < 1.29 is 32.2 Å². The Morgan fingerprint density at radius 3 is 2.51 bits per heavy atom. The highest BCUT2D eigenvalue weighted by Crippen LogP contribution is 2.71. The van der Waals surface area contributed by atoms with Crippen LogP contribution in [0.25, 0.3) is 11.1 Å². The molecule has 3 heterocycles. The number of carbonyl (C=O) groups excluding carboxylic acids is 1. The average molecular weight is 619 g/mol. The van der Waals surface area contributed by atoms with E-state index in [4.69, 9.17) is 18.9 Å². The summed E-state index contributed by atoms with van der Waals surface area (Å²) < 4.78 is 51.7. The maximum atomic E-state index is 13.5. The van der Waals surface area contributed by atoms with E-state index >= 15 is 0 Å². The number of carbonyl (C=O) groups is 1. The molecule has 0 unspecified atom stereocenters. The van der Waals surface area contributed by atoms with Gasteiger partial charge in [0.15, 0.2) is 17.3 Å². The zero-order chi connectivity index (χ0) is 27.3. The first-order chi connectivity index (χ1) is 18.7. The summed E-state index contributed by atoms with van der Waals surface area (Å²) in [4.78, 5) is 28.8. The van der Waals surface area contributed by atoms with Crippen molar-refractivity contribution in [2.24, 2.45) is 5.41 Å². The summed E-state index contributed by atoms with van der Waals surface area (Å²) in [5.41, 5.74) is 0.276. The minimum atomic E-state index is -3.89. The number of aromatic nitrogens is 4. The number of amides is 1. The molecule has 2 aromatic heterocycles. The molecule has 7 rings (SSSR count). The van der Waals surface area contributed by atoms with Gasteiger partial charge in [-0.15, -0.1) is 0 Å². The number of anilines is 1. The third-order valence-corrected chi connectivity index (χ3v) is 9.56. The molecular weight excluding hydrogens is 596 g/mol. The van der Waals surface area contributed by atoms with Gasteiger partial charge in [-0.2, -0.15) is 0 Å². The maximum absolute atomic E-state index is 13.5. The van der Waals surface area contributed by atoms with Gasteiger partial charge in [-0.25, -0.2) is 28.4 Å². The van der Waals surface area contributed by atoms with Gasteiger partial charge in [0.1, 0.15) is 19.5 Å². The van der Waals surface area contributed by atoms with E-state index in [1.165, 1.54) is 6.33 Å². The van der Waals surface area contributed by atoms with E-state index in [9.17, 15) is 13.2 Å². The highest BCUT2D eigenvalue weighted by atomic mass is 79.9. The van der Waals surface area contributed by atoms with Crippen LogP contribution < -0.4 is 29.0 Å². The van der Waals surface area contributed by atoms with Crippen LogP contribution in [-0.2, 0) is 14.8 Å². The van der Waals surface area contributed by atoms with Crippen molar-refractivity contribution in [3.63, 3.8) is 0 Å². The van der Waals surface area contributed by atoms with E-state index in [1.807, 2.05) is 0 Å². The van der Waals surface area contributed by atoms with Gasteiger partial charge in [-0.05, 0) is 52.9 Å². The third kappa shape index (κ3) is 4.38. The molecular formula is C24H23BrN6O7S. The lowest BCUT2D eigenvalue weighted by atomic mass is 9.43. The fourth-order valence-electron chi connectivity index (χ4n) is 5.24. The van der Waals surface area contributed by atoms with Crippen LogP contribution in [0.1, 0.15) is 19.3 Å². The lowest BCUT2D eigenvalue weighted by Gasteiger charge is -2.67. The standard InChI is InChI=1S/C24H23BrN6O7S/c1-26-21(32)23-9-24(10-23,11-23)39(33,34)31-19-18(14-2-3-16-17(6-14)38-13-37-16)20(30-12-29-19)35-4-5-36-22-27-7-15(25)8-28-22/h2-3,6-8,12H,4-5,9-11,13H2,1H3,(H,26,32)(H,29,30,31). The second-order valence-electron chi connectivity index (χ2n) is 9.53. The van der Waals surface area contributed by atoms with Gasteiger partial charge < -0.3 is 24.3 Å². The minimum absolute atomic E-state index is 0.0507. The molecule has 4 aliphatic rings. The predicted molar refractivity (Wildman–Crippen MR) is 140 cm³/mol. The molecule has 1 aliphatic heterocycles. The van der Waals surface area contributed by atoms with Gasteiger partial charge in [0.25, 0.3) is 0 Å². The first kappa shape index (κ1) is 25.6. The first-order valence-electron chi connectivity index (χ1n) is 12.0. The molecule has 1 aromatic carbocycles. The molecule has 3 aromatic rings. The number of rotatable bonds is 10. The minimum Gasteiger partial charge on any atom is -0.473 e. The lowest BCUT2D eigenvalue weighted by Crippen LogP contribution is -2.75. The third-order valence-electron chi connectivity index (χ3n) is 7.12. The van der Waals surface area contributed by atoms with E-state index in [0.29, 0.717) is 22.6 Å². The van der Waals surface area contributed by atoms with Crippen LogP contribution >= 0.6 is 15.9 Å². The van der Waals surface area contributed by atoms with Crippen LogP contribution in [0, 0.1) is 5.41 Å². The van der Waals surface area contributed by atoms with Gasteiger partial charge in [-0.3, -0.25) is 9.52 Å². The fourth-order valence-corrected chi connectivity index (χ4v) is 7.47. The Morgan fingerprint density at radius 2 is 1.77 bits per heavy atom. The maximum Gasteiger partial charge on any atom is 0.316 e. The summed E-state index contributed by atoms with van der Waals surface area (Å²) >= 11 is 3.27. The molecule has 3 saturated carbocycles. The van der Waals surface area contributed by atoms with Crippen LogP contribution in [0.4, 0.5) is 5.82 Å². The van der Waals surface area contributed by atoms with E-state index < -0.39 is 20.2 Å². The first-order valence-corrected chi connectivity index (χ1v) is 14.2. The number of sulfonamides is 1. The Bertz CT molecular complexity index is 1530. The van der Waals surface area contributed by atoms with Crippen molar-refractivity contribution in [2.75, 3.05) is 31.8 Å². The van der Waals surface area contributed by atoms with E-state index in [0.717, 1.165) is 4.47 Å². The number of hydrogen-bond donors (Lipinski definition) is 2. The lowest BCUT2D eigenvalue weighted by molar-refractivity contribution is -0.157.